The van der Waals surface area contributed by atoms with Crippen LogP contribution in [0.5, 0.6) is 6.01 Å². The van der Waals surface area contributed by atoms with Gasteiger partial charge in [-0.2, -0.15) is 28.4 Å². The van der Waals surface area contributed by atoms with Gasteiger partial charge in [-0.25, -0.2) is 0 Å². The number of nitriles is 1. The van der Waals surface area contributed by atoms with Gasteiger partial charge < -0.3 is 24.3 Å². The van der Waals surface area contributed by atoms with Crippen molar-refractivity contribution in [3.8, 4) is 12.1 Å². The van der Waals surface area contributed by atoms with Crippen LogP contribution >= 0.6 is 0 Å². The summed E-state index contributed by atoms with van der Waals surface area (Å²) in [6.45, 7) is 9.53. The molecule has 1 aromatic heterocycles. The Balaban J connectivity index is 1.45. The van der Waals surface area contributed by atoms with Crippen LogP contribution in [0.4, 0.5) is 24.7 Å². The minimum atomic E-state index is -4.40. The number of likely N-dealkylation sites (tertiary alicyclic amines) is 1. The van der Waals surface area contributed by atoms with Gasteiger partial charge in [-0.1, -0.05) is 12.1 Å². The number of likely N-dealkylation sites (N-methyl/N-ethyl adjacent to an activating group) is 1. The summed E-state index contributed by atoms with van der Waals surface area (Å²) >= 11 is 0. The van der Waals surface area contributed by atoms with E-state index in [-0.39, 0.29) is 6.42 Å². The van der Waals surface area contributed by atoms with Crippen LogP contribution in [0.3, 0.4) is 0 Å². The quantitative estimate of drug-likeness (QED) is 0.451. The number of hydrogen-bond donors (Lipinski definition) is 0. The minimum Gasteiger partial charge on any atom is -0.462 e. The van der Waals surface area contributed by atoms with Crippen molar-refractivity contribution >= 4 is 11.5 Å². The molecule has 0 N–H and O–H groups in total. The van der Waals surface area contributed by atoms with E-state index in [1.807, 2.05) is 0 Å². The van der Waals surface area contributed by atoms with Crippen molar-refractivity contribution in [2.75, 3.05) is 56.2 Å². The largest absolute Gasteiger partial charge is 0.462 e. The van der Waals surface area contributed by atoms with Crippen molar-refractivity contribution < 1.29 is 17.9 Å². The molecule has 0 aliphatic carbocycles. The number of nitrogens with zero attached hydrogens (tertiary/aromatic N) is 7. The van der Waals surface area contributed by atoms with Crippen LogP contribution in [0.1, 0.15) is 48.6 Å². The SMILES string of the molecule is CC(=CN1CCN(c2nc(OCC3CCCN3C)nc3c2CCN(c2cccc(C)c2C)C3)CC1CC#N)C(F)(F)F. The van der Waals surface area contributed by atoms with Gasteiger partial charge >= 0.3 is 12.2 Å². The molecule has 4 heterocycles. The molecule has 226 valence electrons. The number of piperazine rings is 1. The van der Waals surface area contributed by atoms with Gasteiger partial charge in [0.05, 0.1) is 30.8 Å². The highest BCUT2D eigenvalue weighted by atomic mass is 19.4. The molecule has 3 aliphatic heterocycles. The number of aryl methyl sites for hydroxylation is 1. The normalized spacial score (nSPS) is 21.9. The van der Waals surface area contributed by atoms with Crippen LogP contribution in [-0.2, 0) is 13.0 Å². The summed E-state index contributed by atoms with van der Waals surface area (Å²) in [5, 5.41) is 9.50. The molecule has 1 aromatic carbocycles. The lowest BCUT2D eigenvalue weighted by molar-refractivity contribution is -0.0926. The Kier molecular flexibility index (Phi) is 8.83. The molecule has 0 radical (unpaired) electrons. The molecule has 3 aliphatic rings. The molecular formula is C31H40F3N7O. The second-order valence-electron chi connectivity index (χ2n) is 11.7. The number of allylic oxidation sites excluding steroid dienone is 1. The smallest absolute Gasteiger partial charge is 0.413 e. The fraction of sp³-hybridized carbons (Fsp3) is 0.581. The van der Waals surface area contributed by atoms with Crippen molar-refractivity contribution in [2.45, 2.75) is 71.3 Å². The molecular weight excluding hydrogens is 543 g/mol. The molecule has 2 atom stereocenters. The van der Waals surface area contributed by atoms with Crippen LogP contribution in [0.15, 0.2) is 30.0 Å². The maximum Gasteiger partial charge on any atom is 0.413 e. The highest BCUT2D eigenvalue weighted by Gasteiger charge is 2.35. The summed E-state index contributed by atoms with van der Waals surface area (Å²) in [4.78, 5) is 18.2. The molecule has 0 saturated carbocycles. The molecule has 0 bridgehead atoms. The fourth-order valence-corrected chi connectivity index (χ4v) is 6.20. The molecule has 2 aromatic rings. The molecule has 2 unspecified atom stereocenters. The average molecular weight is 584 g/mol. The lowest BCUT2D eigenvalue weighted by Crippen LogP contribution is -2.52. The van der Waals surface area contributed by atoms with Gasteiger partial charge in [0.2, 0.25) is 0 Å². The van der Waals surface area contributed by atoms with E-state index in [0.29, 0.717) is 44.8 Å². The van der Waals surface area contributed by atoms with E-state index in [4.69, 9.17) is 14.7 Å². The van der Waals surface area contributed by atoms with Gasteiger partial charge in [-0.15, -0.1) is 0 Å². The zero-order chi connectivity index (χ0) is 30.0. The Hall–Kier alpha value is -3.52. The number of anilines is 2. The molecule has 8 nitrogen and oxygen atoms in total. The topological polar surface area (TPSA) is 71.8 Å². The standard InChI is InChI=1S/C31H40F3N7O/c1-21-7-5-9-28(23(21)3)40-14-11-26-27(19-40)36-30(42-20-25-8-6-13-38(25)4)37-29(26)41-16-15-39(24(18-41)10-12-35)17-22(2)31(32,33)34/h5,7,9,17,24-25H,6,8,10-11,13-16,18-20H2,1-4H3. The van der Waals surface area contributed by atoms with E-state index in [2.05, 4.69) is 59.9 Å². The lowest BCUT2D eigenvalue weighted by Gasteiger charge is -2.42. The third kappa shape index (κ3) is 6.43. The molecule has 11 heteroatoms. The number of aromatic nitrogens is 2. The third-order valence-corrected chi connectivity index (χ3v) is 8.98. The fourth-order valence-electron chi connectivity index (χ4n) is 6.20. The zero-order valence-electron chi connectivity index (χ0n) is 24.9. The first-order valence-corrected chi connectivity index (χ1v) is 14.7. The molecule has 0 spiro atoms. The van der Waals surface area contributed by atoms with Crippen LogP contribution in [0.25, 0.3) is 0 Å². The van der Waals surface area contributed by atoms with Crippen molar-refractivity contribution in [1.82, 2.24) is 19.8 Å². The second kappa shape index (κ2) is 12.4. The van der Waals surface area contributed by atoms with Gasteiger partial charge in [0, 0.05) is 55.2 Å². The predicted octanol–water partition coefficient (Wildman–Crippen LogP) is 5.00. The molecule has 0 amide bonds. The highest BCUT2D eigenvalue weighted by Crippen LogP contribution is 2.34. The zero-order valence-corrected chi connectivity index (χ0v) is 24.9. The van der Waals surface area contributed by atoms with Gasteiger partial charge in [-0.3, -0.25) is 0 Å². The lowest BCUT2D eigenvalue weighted by atomic mass is 10.0. The van der Waals surface area contributed by atoms with Gasteiger partial charge in [0.25, 0.3) is 0 Å². The first-order chi connectivity index (χ1) is 20.0. The van der Waals surface area contributed by atoms with Crippen molar-refractivity contribution in [3.05, 3.63) is 52.4 Å². The Morgan fingerprint density at radius 2 is 1.93 bits per heavy atom. The Bertz CT molecular complexity index is 1360. The maximum absolute atomic E-state index is 13.3. The number of rotatable bonds is 7. The van der Waals surface area contributed by atoms with E-state index in [1.54, 1.807) is 4.90 Å². The highest BCUT2D eigenvalue weighted by molar-refractivity contribution is 5.60. The van der Waals surface area contributed by atoms with Crippen LogP contribution in [-0.4, -0.2) is 84.4 Å². The number of fused-ring (bicyclic) bond motifs is 1. The first kappa shape index (κ1) is 30.0. The summed E-state index contributed by atoms with van der Waals surface area (Å²) in [6.07, 6.45) is -0.191. The summed E-state index contributed by atoms with van der Waals surface area (Å²) in [5.41, 5.74) is 4.96. The molecule has 2 saturated heterocycles. The number of alkyl halides is 3. The average Bonchev–Trinajstić information content (AvgIpc) is 3.37. The van der Waals surface area contributed by atoms with Gasteiger partial charge in [0.15, 0.2) is 0 Å². The number of hydrogen-bond acceptors (Lipinski definition) is 8. The van der Waals surface area contributed by atoms with E-state index < -0.39 is 17.8 Å². The molecule has 2 fully saturated rings. The Morgan fingerprint density at radius 3 is 2.64 bits per heavy atom. The Labute approximate surface area is 246 Å². The van der Waals surface area contributed by atoms with Crippen LogP contribution in [0.2, 0.25) is 0 Å². The van der Waals surface area contributed by atoms with Crippen LogP contribution < -0.4 is 14.5 Å². The van der Waals surface area contributed by atoms with Crippen molar-refractivity contribution in [2.24, 2.45) is 0 Å². The molecule has 42 heavy (non-hydrogen) atoms. The molecule has 5 rings (SSSR count). The van der Waals surface area contributed by atoms with Gasteiger partial charge in [0.1, 0.15) is 12.4 Å². The first-order valence-electron chi connectivity index (χ1n) is 14.7. The maximum atomic E-state index is 13.3. The van der Waals surface area contributed by atoms with E-state index >= 15 is 0 Å². The predicted molar refractivity (Wildman–Crippen MR) is 157 cm³/mol. The second-order valence-corrected chi connectivity index (χ2v) is 11.7. The summed E-state index contributed by atoms with van der Waals surface area (Å²) in [7, 11) is 2.10. The summed E-state index contributed by atoms with van der Waals surface area (Å²) < 4.78 is 46.1. The minimum absolute atomic E-state index is 0.114. The monoisotopic (exact) mass is 583 g/mol. The number of benzene rings is 1. The number of ether oxygens (including phenoxy) is 1. The van der Waals surface area contributed by atoms with Gasteiger partial charge in [-0.05, 0) is 70.8 Å². The van der Waals surface area contributed by atoms with Crippen molar-refractivity contribution in [3.63, 3.8) is 0 Å². The Morgan fingerprint density at radius 1 is 1.12 bits per heavy atom. The van der Waals surface area contributed by atoms with E-state index in [1.165, 1.54) is 16.8 Å². The van der Waals surface area contributed by atoms with E-state index in [9.17, 15) is 18.4 Å². The van der Waals surface area contributed by atoms with Crippen molar-refractivity contribution in [1.29, 1.82) is 5.26 Å². The summed E-state index contributed by atoms with van der Waals surface area (Å²) in [6, 6.07) is 8.76. The number of halogens is 3. The van der Waals surface area contributed by atoms with Crippen LogP contribution in [0, 0.1) is 25.2 Å². The summed E-state index contributed by atoms with van der Waals surface area (Å²) in [5.74, 6) is 0.773. The van der Waals surface area contributed by atoms with E-state index in [0.717, 1.165) is 62.6 Å². The third-order valence-electron chi connectivity index (χ3n) is 8.98.